The topological polar surface area (TPSA) is 58.2 Å². The van der Waals surface area contributed by atoms with Gasteiger partial charge in [-0.05, 0) is 43.2 Å². The molecule has 2 aromatic rings. The molecule has 2 aromatic carbocycles. The number of nitrogens with one attached hydrogen (secondary N) is 2. The van der Waals surface area contributed by atoms with Crippen molar-refractivity contribution < 1.29 is 27.2 Å². The summed E-state index contributed by atoms with van der Waals surface area (Å²) in [5.74, 6) is -2.60. The van der Waals surface area contributed by atoms with Crippen LogP contribution >= 0.6 is 45.2 Å². The zero-order chi connectivity index (χ0) is 22.9. The van der Waals surface area contributed by atoms with Gasteiger partial charge < -0.3 is 10.6 Å². The normalized spacial score (nSPS) is 11.2. The maximum absolute atomic E-state index is 12.6. The molecule has 0 saturated carbocycles. The molecular weight excluding hydrogens is 630 g/mol. The molecule has 0 bridgehead atoms. The number of carbonyl (C=O) groups is 2. The molecule has 0 aliphatic heterocycles. The number of rotatable bonds is 6. The first-order valence-corrected chi connectivity index (χ1v) is 10.9. The molecule has 2 rings (SSSR count). The van der Waals surface area contributed by atoms with Gasteiger partial charge in [-0.25, -0.2) is 0 Å². The smallest absolute Gasteiger partial charge is 0.320 e. The second kappa shape index (κ2) is 11.8. The van der Waals surface area contributed by atoms with Crippen LogP contribution in [0, 0.1) is 6.92 Å². The Morgan fingerprint density at radius 1 is 0.800 bits per heavy atom. The predicted octanol–water partition coefficient (Wildman–Crippen LogP) is 6.57. The van der Waals surface area contributed by atoms with E-state index in [9.17, 15) is 27.2 Å². The van der Waals surface area contributed by atoms with Crippen molar-refractivity contribution >= 4 is 68.4 Å². The van der Waals surface area contributed by atoms with E-state index in [-0.39, 0.29) is 0 Å². The van der Waals surface area contributed by atoms with E-state index in [1.54, 1.807) is 36.4 Å². The van der Waals surface area contributed by atoms with Gasteiger partial charge in [0.05, 0.1) is 0 Å². The molecule has 10 heteroatoms. The van der Waals surface area contributed by atoms with Crippen molar-refractivity contribution in [3.05, 3.63) is 59.7 Å². The fraction of sp³-hybridized carbons (Fsp3) is 0.300. The summed E-state index contributed by atoms with van der Waals surface area (Å²) in [7, 11) is 0. The first-order valence-electron chi connectivity index (χ1n) is 8.75. The van der Waals surface area contributed by atoms with Crippen molar-refractivity contribution in [3.8, 4) is 0 Å². The van der Waals surface area contributed by atoms with Gasteiger partial charge in [0, 0.05) is 56.6 Å². The average molecular weight is 650 g/mol. The summed E-state index contributed by atoms with van der Waals surface area (Å²) in [6, 6.07) is 13.5. The van der Waals surface area contributed by atoms with Crippen LogP contribution in [-0.4, -0.2) is 19.7 Å². The summed E-state index contributed by atoms with van der Waals surface area (Å²) in [5.41, 5.74) is 2.89. The minimum Gasteiger partial charge on any atom is -0.320 e. The molecule has 164 valence electrons. The SMILES string of the molecule is CCCc1ccc(NC(=O)C(F)(F)I)cc1.Cc1ccc(NC(=O)C(F)(F)I)cc1. The van der Waals surface area contributed by atoms with Gasteiger partial charge >= 0.3 is 19.7 Å². The van der Waals surface area contributed by atoms with Crippen LogP contribution < -0.4 is 10.6 Å². The highest BCUT2D eigenvalue weighted by Gasteiger charge is 2.35. The Morgan fingerprint density at radius 2 is 1.17 bits per heavy atom. The van der Waals surface area contributed by atoms with Crippen LogP contribution in [0.3, 0.4) is 0 Å². The Hall–Kier alpha value is -1.44. The predicted molar refractivity (Wildman–Crippen MR) is 127 cm³/mol. The number of halogens is 6. The molecular formula is C20H20F4I2N2O2. The van der Waals surface area contributed by atoms with E-state index < -0.39 is 19.7 Å². The highest BCUT2D eigenvalue weighted by molar-refractivity contribution is 14.1. The molecule has 0 aliphatic rings. The molecule has 0 fully saturated rings. The van der Waals surface area contributed by atoms with Gasteiger partial charge in [0.2, 0.25) is 0 Å². The van der Waals surface area contributed by atoms with Crippen molar-refractivity contribution in [2.24, 2.45) is 0 Å². The van der Waals surface area contributed by atoms with E-state index >= 15 is 0 Å². The van der Waals surface area contributed by atoms with Gasteiger partial charge in [0.1, 0.15) is 0 Å². The number of amides is 2. The van der Waals surface area contributed by atoms with Crippen LogP contribution in [0.5, 0.6) is 0 Å². The lowest BCUT2D eigenvalue weighted by Gasteiger charge is -2.09. The van der Waals surface area contributed by atoms with Crippen LogP contribution in [0.25, 0.3) is 0 Å². The standard InChI is InChI=1S/C11H12F2INO.C9H8F2INO/c1-2-3-8-4-6-9(7-5-8)15-10(16)11(12,13)14;1-6-2-4-7(5-3-6)13-8(14)9(10,11)12/h4-7H,2-3H2,1H3,(H,15,16);2-5H,1H3,(H,13,14). The molecule has 0 saturated heterocycles. The lowest BCUT2D eigenvalue weighted by Crippen LogP contribution is -2.28. The highest BCUT2D eigenvalue weighted by Crippen LogP contribution is 2.25. The zero-order valence-corrected chi connectivity index (χ0v) is 20.4. The Labute approximate surface area is 199 Å². The largest absolute Gasteiger partial charge is 0.372 e. The number of hydrogen-bond donors (Lipinski definition) is 2. The average Bonchev–Trinajstić information content (AvgIpc) is 2.64. The van der Waals surface area contributed by atoms with Gasteiger partial charge in [-0.2, -0.15) is 17.6 Å². The van der Waals surface area contributed by atoms with Crippen LogP contribution in [0.4, 0.5) is 28.9 Å². The highest BCUT2D eigenvalue weighted by atomic mass is 127. The summed E-state index contributed by atoms with van der Waals surface area (Å²) in [5, 5.41) is 4.27. The molecule has 2 N–H and O–H groups in total. The van der Waals surface area contributed by atoms with Crippen LogP contribution in [0.15, 0.2) is 48.5 Å². The van der Waals surface area contributed by atoms with Crippen LogP contribution in [0.1, 0.15) is 24.5 Å². The zero-order valence-electron chi connectivity index (χ0n) is 16.1. The monoisotopic (exact) mass is 650 g/mol. The summed E-state index contributed by atoms with van der Waals surface area (Å²) >= 11 is 1.59. The molecule has 0 spiro atoms. The van der Waals surface area contributed by atoms with Gasteiger partial charge in [0.25, 0.3) is 0 Å². The number of anilines is 2. The van der Waals surface area contributed by atoms with Crippen molar-refractivity contribution in [1.82, 2.24) is 0 Å². The van der Waals surface area contributed by atoms with Gasteiger partial charge in [-0.15, -0.1) is 0 Å². The Kier molecular flexibility index (Phi) is 10.5. The second-order valence-corrected chi connectivity index (χ2v) is 8.93. The maximum Gasteiger partial charge on any atom is 0.372 e. The minimum absolute atomic E-state index is 0.372. The fourth-order valence-corrected chi connectivity index (χ4v) is 2.35. The molecule has 0 aromatic heterocycles. The van der Waals surface area contributed by atoms with E-state index in [2.05, 4.69) is 17.6 Å². The van der Waals surface area contributed by atoms with E-state index in [1.165, 1.54) is 0 Å². The summed E-state index contributed by atoms with van der Waals surface area (Å²) in [6.45, 7) is 3.94. The van der Waals surface area contributed by atoms with Gasteiger partial charge in [-0.3, -0.25) is 9.59 Å². The third-order valence-electron chi connectivity index (χ3n) is 3.57. The number of carbonyl (C=O) groups excluding carboxylic acids is 2. The van der Waals surface area contributed by atoms with Crippen molar-refractivity contribution in [1.29, 1.82) is 0 Å². The van der Waals surface area contributed by atoms with Gasteiger partial charge in [-0.1, -0.05) is 43.2 Å². The first-order chi connectivity index (χ1) is 13.8. The molecule has 0 unspecified atom stereocenters. The maximum atomic E-state index is 12.6. The van der Waals surface area contributed by atoms with Crippen LogP contribution in [-0.2, 0) is 16.0 Å². The number of hydrogen-bond acceptors (Lipinski definition) is 2. The molecule has 2 amide bonds. The minimum atomic E-state index is -3.38. The Morgan fingerprint density at radius 3 is 1.50 bits per heavy atom. The van der Waals surface area contributed by atoms with E-state index in [4.69, 9.17) is 0 Å². The third-order valence-corrected chi connectivity index (χ3v) is 4.55. The lowest BCUT2D eigenvalue weighted by molar-refractivity contribution is -0.128. The molecule has 0 atom stereocenters. The van der Waals surface area contributed by atoms with Gasteiger partial charge in [0.15, 0.2) is 0 Å². The van der Waals surface area contributed by atoms with Crippen molar-refractivity contribution in [2.45, 2.75) is 34.5 Å². The Bertz CT molecular complexity index is 834. The number of alkyl halides is 6. The van der Waals surface area contributed by atoms with E-state index in [0.717, 1.165) is 69.2 Å². The summed E-state index contributed by atoms with van der Waals surface area (Å²) in [6.07, 6.45) is 1.97. The van der Waals surface area contributed by atoms with Crippen molar-refractivity contribution in [2.75, 3.05) is 10.6 Å². The molecule has 0 radical (unpaired) electrons. The van der Waals surface area contributed by atoms with E-state index in [0.29, 0.717) is 11.4 Å². The number of benzene rings is 2. The number of aryl methyl sites for hydroxylation is 2. The summed E-state index contributed by atoms with van der Waals surface area (Å²) < 4.78 is 43.3. The fourth-order valence-electron chi connectivity index (χ4n) is 2.08. The molecule has 4 nitrogen and oxygen atoms in total. The van der Waals surface area contributed by atoms with Crippen molar-refractivity contribution in [3.63, 3.8) is 0 Å². The quantitative estimate of drug-likeness (QED) is 0.211. The molecule has 0 heterocycles. The summed E-state index contributed by atoms with van der Waals surface area (Å²) in [4.78, 5) is 21.8. The Balaban J connectivity index is 0.000000303. The lowest BCUT2D eigenvalue weighted by atomic mass is 10.1. The molecule has 30 heavy (non-hydrogen) atoms. The first kappa shape index (κ1) is 26.6. The second-order valence-electron chi connectivity index (χ2n) is 6.22. The molecule has 0 aliphatic carbocycles. The van der Waals surface area contributed by atoms with Crippen LogP contribution in [0.2, 0.25) is 0 Å². The van der Waals surface area contributed by atoms with E-state index in [1.807, 2.05) is 19.1 Å². The third kappa shape index (κ3) is 10.0.